The summed E-state index contributed by atoms with van der Waals surface area (Å²) in [5, 5.41) is 0.632. The van der Waals surface area contributed by atoms with Crippen molar-refractivity contribution >= 4 is 23.4 Å². The Kier molecular flexibility index (Phi) is 6.76. The zero-order chi connectivity index (χ0) is 21.8. The summed E-state index contributed by atoms with van der Waals surface area (Å²) in [5.41, 5.74) is 2.53. The second-order valence-electron chi connectivity index (χ2n) is 8.28. The van der Waals surface area contributed by atoms with Crippen LogP contribution in [-0.4, -0.2) is 59.4 Å². The first-order valence-corrected chi connectivity index (χ1v) is 11.3. The number of aromatic nitrogens is 1. The highest BCUT2D eigenvalue weighted by Gasteiger charge is 2.30. The molecule has 0 spiro atoms. The van der Waals surface area contributed by atoms with E-state index in [2.05, 4.69) is 0 Å². The number of benzene rings is 1. The minimum atomic E-state index is -0.0287. The van der Waals surface area contributed by atoms with Crippen molar-refractivity contribution in [1.29, 1.82) is 0 Å². The van der Waals surface area contributed by atoms with Gasteiger partial charge in [0.2, 0.25) is 0 Å². The van der Waals surface area contributed by atoms with Crippen LogP contribution in [0.3, 0.4) is 0 Å². The number of likely N-dealkylation sites (tertiary alicyclic amines) is 2. The van der Waals surface area contributed by atoms with E-state index >= 15 is 0 Å². The molecule has 1 aromatic heterocycles. The van der Waals surface area contributed by atoms with Gasteiger partial charge in [-0.15, -0.1) is 0 Å². The van der Waals surface area contributed by atoms with Crippen molar-refractivity contribution in [1.82, 2.24) is 14.8 Å². The first-order valence-electron chi connectivity index (χ1n) is 10.9. The van der Waals surface area contributed by atoms with Gasteiger partial charge in [-0.3, -0.25) is 14.6 Å². The Morgan fingerprint density at radius 1 is 1.00 bits per heavy atom. The maximum Gasteiger partial charge on any atom is 0.260 e. The summed E-state index contributed by atoms with van der Waals surface area (Å²) in [6.45, 7) is 4.90. The van der Waals surface area contributed by atoms with Crippen molar-refractivity contribution in [2.24, 2.45) is 0 Å². The fourth-order valence-electron chi connectivity index (χ4n) is 4.33. The summed E-state index contributed by atoms with van der Waals surface area (Å²) in [6, 6.07) is 10.8. The van der Waals surface area contributed by atoms with Gasteiger partial charge in [-0.1, -0.05) is 11.6 Å². The molecule has 0 aliphatic carbocycles. The molecular weight excluding hydrogens is 414 g/mol. The number of hydrogen-bond acceptors (Lipinski definition) is 4. The van der Waals surface area contributed by atoms with Crippen molar-refractivity contribution in [2.45, 2.75) is 38.5 Å². The van der Waals surface area contributed by atoms with Gasteiger partial charge in [0.25, 0.3) is 11.8 Å². The van der Waals surface area contributed by atoms with E-state index in [1.165, 1.54) is 0 Å². The van der Waals surface area contributed by atoms with Gasteiger partial charge in [-0.05, 0) is 69.0 Å². The Morgan fingerprint density at radius 3 is 2.35 bits per heavy atom. The molecule has 31 heavy (non-hydrogen) atoms. The van der Waals surface area contributed by atoms with Gasteiger partial charge < -0.3 is 14.5 Å². The minimum absolute atomic E-state index is 0.00763. The molecule has 0 unspecified atom stereocenters. The molecule has 0 atom stereocenters. The van der Waals surface area contributed by atoms with Crippen LogP contribution in [0.5, 0.6) is 5.75 Å². The number of hydrogen-bond donors (Lipinski definition) is 0. The summed E-state index contributed by atoms with van der Waals surface area (Å²) in [5.74, 6) is 0.873. The summed E-state index contributed by atoms with van der Waals surface area (Å²) in [6.07, 6.45) is 3.73. The largest absolute Gasteiger partial charge is 0.484 e. The smallest absolute Gasteiger partial charge is 0.260 e. The summed E-state index contributed by atoms with van der Waals surface area (Å²) in [4.78, 5) is 34.1. The number of carbonyl (C=O) groups is 2. The number of halogens is 1. The van der Waals surface area contributed by atoms with Gasteiger partial charge in [0.1, 0.15) is 5.75 Å². The van der Waals surface area contributed by atoms with Crippen molar-refractivity contribution in [3.05, 3.63) is 58.4 Å². The number of aryl methyl sites for hydroxylation is 1. The van der Waals surface area contributed by atoms with Gasteiger partial charge in [-0.2, -0.15) is 0 Å². The molecule has 2 aliphatic rings. The lowest BCUT2D eigenvalue weighted by Gasteiger charge is -2.32. The number of piperidine rings is 1. The molecule has 0 saturated carbocycles. The topological polar surface area (TPSA) is 62.7 Å². The molecule has 6 nitrogen and oxygen atoms in total. The van der Waals surface area contributed by atoms with Crippen LogP contribution in [0.1, 0.15) is 53.3 Å². The third-order valence-corrected chi connectivity index (χ3v) is 6.35. The predicted molar refractivity (Wildman–Crippen MR) is 120 cm³/mol. The molecule has 0 bridgehead atoms. The van der Waals surface area contributed by atoms with Crippen LogP contribution in [0, 0.1) is 6.92 Å². The Labute approximate surface area is 188 Å². The number of ether oxygens (including phenoxy) is 1. The first kappa shape index (κ1) is 21.6. The molecule has 2 amide bonds. The van der Waals surface area contributed by atoms with E-state index in [9.17, 15) is 9.59 Å². The lowest BCUT2D eigenvalue weighted by Crippen LogP contribution is -2.41. The lowest BCUT2D eigenvalue weighted by molar-refractivity contribution is -0.134. The molecule has 0 radical (unpaired) electrons. The molecular formula is C24H28ClN3O3. The summed E-state index contributed by atoms with van der Waals surface area (Å²) in [7, 11) is 0. The molecule has 7 heteroatoms. The van der Waals surface area contributed by atoms with E-state index in [1.54, 1.807) is 24.3 Å². The highest BCUT2D eigenvalue weighted by molar-refractivity contribution is 6.30. The van der Waals surface area contributed by atoms with Crippen LogP contribution < -0.4 is 4.74 Å². The van der Waals surface area contributed by atoms with Crippen LogP contribution >= 0.6 is 11.6 Å². The third kappa shape index (κ3) is 5.18. The van der Waals surface area contributed by atoms with Gasteiger partial charge in [0.15, 0.2) is 6.61 Å². The van der Waals surface area contributed by atoms with Crippen LogP contribution in [0.2, 0.25) is 5.02 Å². The molecule has 1 aromatic carbocycles. The highest BCUT2D eigenvalue weighted by Crippen LogP contribution is 2.30. The zero-order valence-electron chi connectivity index (χ0n) is 17.8. The average molecular weight is 442 g/mol. The van der Waals surface area contributed by atoms with E-state index in [-0.39, 0.29) is 24.3 Å². The van der Waals surface area contributed by atoms with Crippen LogP contribution in [0.15, 0.2) is 36.4 Å². The summed E-state index contributed by atoms with van der Waals surface area (Å²) < 4.78 is 5.60. The highest BCUT2D eigenvalue weighted by atomic mass is 35.5. The molecule has 2 saturated heterocycles. The predicted octanol–water partition coefficient (Wildman–Crippen LogP) is 4.06. The molecule has 2 fully saturated rings. The Hall–Kier alpha value is -2.60. The molecule has 3 heterocycles. The van der Waals surface area contributed by atoms with Crippen molar-refractivity contribution in [3.8, 4) is 5.75 Å². The van der Waals surface area contributed by atoms with E-state index in [1.807, 2.05) is 28.9 Å². The molecule has 164 valence electrons. The number of carbonyl (C=O) groups excluding carboxylic acids is 2. The Balaban J connectivity index is 1.37. The van der Waals surface area contributed by atoms with Gasteiger partial charge in [-0.25, -0.2) is 0 Å². The van der Waals surface area contributed by atoms with Gasteiger partial charge in [0, 0.05) is 42.8 Å². The van der Waals surface area contributed by atoms with E-state index < -0.39 is 0 Å². The van der Waals surface area contributed by atoms with Crippen molar-refractivity contribution in [3.63, 3.8) is 0 Å². The maximum absolute atomic E-state index is 13.0. The van der Waals surface area contributed by atoms with Crippen molar-refractivity contribution in [2.75, 3.05) is 32.8 Å². The number of pyridine rings is 1. The van der Waals surface area contributed by atoms with Gasteiger partial charge >= 0.3 is 0 Å². The SMILES string of the molecule is Cc1ccc(C(=O)N2CCCC2)c(C2CCN(C(=O)COc3ccc(Cl)cc3)CC2)n1. The molecule has 0 N–H and O–H groups in total. The molecule has 2 aliphatic heterocycles. The van der Waals surface area contributed by atoms with Gasteiger partial charge in [0.05, 0.1) is 11.3 Å². The van der Waals surface area contributed by atoms with Crippen molar-refractivity contribution < 1.29 is 14.3 Å². The third-order valence-electron chi connectivity index (χ3n) is 6.10. The maximum atomic E-state index is 13.0. The van der Waals surface area contributed by atoms with E-state index in [4.69, 9.17) is 21.3 Å². The normalized spacial score (nSPS) is 17.1. The Bertz CT molecular complexity index is 934. The monoisotopic (exact) mass is 441 g/mol. The van der Waals surface area contributed by atoms with Crippen LogP contribution in [-0.2, 0) is 4.79 Å². The summed E-state index contributed by atoms with van der Waals surface area (Å²) >= 11 is 5.88. The quantitative estimate of drug-likeness (QED) is 0.701. The number of rotatable bonds is 5. The van der Waals surface area contributed by atoms with E-state index in [0.717, 1.165) is 55.7 Å². The fourth-order valence-corrected chi connectivity index (χ4v) is 4.45. The first-order chi connectivity index (χ1) is 15.0. The lowest BCUT2D eigenvalue weighted by atomic mass is 9.89. The second-order valence-corrected chi connectivity index (χ2v) is 8.72. The van der Waals surface area contributed by atoms with Crippen LogP contribution in [0.4, 0.5) is 0 Å². The van der Waals surface area contributed by atoms with Crippen LogP contribution in [0.25, 0.3) is 0 Å². The zero-order valence-corrected chi connectivity index (χ0v) is 18.6. The number of nitrogens with zero attached hydrogens (tertiary/aromatic N) is 3. The average Bonchev–Trinajstić information content (AvgIpc) is 3.33. The van der Waals surface area contributed by atoms with E-state index in [0.29, 0.717) is 23.9 Å². The second kappa shape index (κ2) is 9.69. The minimum Gasteiger partial charge on any atom is -0.484 e. The Morgan fingerprint density at radius 2 is 1.68 bits per heavy atom. The fraction of sp³-hybridized carbons (Fsp3) is 0.458. The molecule has 4 rings (SSSR count). The standard InChI is InChI=1S/C24H28ClN3O3/c1-17-4-9-21(24(30)28-12-2-3-13-28)23(26-17)18-10-14-27(15-11-18)22(29)16-31-20-7-5-19(25)6-8-20/h4-9,18H,2-3,10-16H2,1H3. The number of amides is 2. The molecule has 2 aromatic rings.